The van der Waals surface area contributed by atoms with E-state index in [2.05, 4.69) is 134 Å². The molecule has 0 saturated carbocycles. The summed E-state index contributed by atoms with van der Waals surface area (Å²) < 4.78 is 22.2. The Labute approximate surface area is 553 Å². The van der Waals surface area contributed by atoms with E-state index < -0.39 is 32.4 Å². The van der Waals surface area contributed by atoms with Gasteiger partial charge in [0.25, 0.3) is 0 Å². The van der Waals surface area contributed by atoms with Crippen molar-refractivity contribution in [2.75, 3.05) is 13.2 Å². The molecule has 0 unspecified atom stereocenters. The van der Waals surface area contributed by atoms with E-state index >= 15 is 0 Å². The number of aromatic nitrogens is 12. The highest BCUT2D eigenvalue weighted by Crippen LogP contribution is 2.37. The topological polar surface area (TPSA) is 187 Å². The molecule has 1 N–H and O–H groups in total. The van der Waals surface area contributed by atoms with Crippen molar-refractivity contribution in [2.24, 2.45) is 16.2 Å². The second-order valence-electron chi connectivity index (χ2n) is 29.8. The molecule has 3 aromatic carbocycles. The van der Waals surface area contributed by atoms with E-state index in [1.165, 1.54) is 11.0 Å². The predicted molar refractivity (Wildman–Crippen MR) is 389 cm³/mol. The first kappa shape index (κ1) is 68.1. The molecule has 19 heteroatoms. The fourth-order valence-electron chi connectivity index (χ4n) is 11.4. The van der Waals surface area contributed by atoms with E-state index in [4.69, 9.17) is 34.4 Å². The van der Waals surface area contributed by atoms with Gasteiger partial charge in [0.2, 0.25) is 0 Å². The second-order valence-corrected chi connectivity index (χ2v) is 41.1. The van der Waals surface area contributed by atoms with Gasteiger partial charge in [-0.2, -0.15) is 0 Å². The van der Waals surface area contributed by atoms with Crippen molar-refractivity contribution in [1.29, 1.82) is 0 Å². The lowest BCUT2D eigenvalue weighted by molar-refractivity contribution is 0.0842. The van der Waals surface area contributed by atoms with Gasteiger partial charge in [0.1, 0.15) is 30.0 Å². The summed E-state index contributed by atoms with van der Waals surface area (Å²) in [4.78, 5) is 71.3. The largest absolute Gasteiger partial charge is 0.361 e. The Morgan fingerprint density at radius 2 is 0.862 bits per heavy atom. The van der Waals surface area contributed by atoms with Gasteiger partial charge < -0.3 is 37.3 Å². The van der Waals surface area contributed by atoms with Crippen molar-refractivity contribution in [1.82, 2.24) is 57.7 Å². The summed E-state index contributed by atoms with van der Waals surface area (Å²) in [6, 6.07) is 26.9. The number of Topliss-reactive ketones (excluding diaryl/α,β-unsaturated/α-hetero) is 3. The average molecular weight is 1300 g/mol. The molecule has 0 aliphatic carbocycles. The smallest absolute Gasteiger partial charge is 0.171 e. The summed E-state index contributed by atoms with van der Waals surface area (Å²) in [5.74, 6) is 0.158. The number of carbonyl (C=O) groups excluding carboxylic acids is 3. The van der Waals surface area contributed by atoms with Crippen molar-refractivity contribution in [3.63, 3.8) is 0 Å². The van der Waals surface area contributed by atoms with Crippen LogP contribution in [0.3, 0.4) is 0 Å². The average Bonchev–Trinajstić information content (AvgIpc) is 1.61. The normalized spacial score (nSPS) is 12.5. The Morgan fingerprint density at radius 1 is 0.489 bits per heavy atom. The number of carbonyl (C=O) groups is 3. The molecule has 0 saturated heterocycles. The number of H-pyrrole nitrogens is 1. The molecule has 12 aromatic rings. The van der Waals surface area contributed by atoms with Crippen molar-refractivity contribution >= 4 is 106 Å². The first-order chi connectivity index (χ1) is 44.4. The first-order valence-electron chi connectivity index (χ1n) is 32.6. The number of aryl methyl sites for hydroxylation is 2. The number of para-hydroxylation sites is 3. The van der Waals surface area contributed by atoms with E-state index in [0.717, 1.165) is 80.6 Å². The van der Waals surface area contributed by atoms with Crippen molar-refractivity contribution in [3.05, 3.63) is 152 Å². The highest BCUT2D eigenvalue weighted by Gasteiger charge is 2.31. The molecule has 490 valence electrons. The number of rotatable bonds is 19. The first-order valence-corrected chi connectivity index (χ1v) is 40.0. The minimum Gasteiger partial charge on any atom is -0.361 e. The number of ether oxygens (including phenoxy) is 2. The van der Waals surface area contributed by atoms with E-state index in [0.29, 0.717) is 76.9 Å². The lowest BCUT2D eigenvalue weighted by atomic mass is 9.87. The van der Waals surface area contributed by atoms with Gasteiger partial charge in [-0.1, -0.05) is 163 Å². The number of benzene rings is 3. The molecule has 94 heavy (non-hydrogen) atoms. The summed E-state index contributed by atoms with van der Waals surface area (Å²) in [5.41, 5.74) is 12.8. The summed E-state index contributed by atoms with van der Waals surface area (Å²) in [6.07, 6.45) is 18.8. The van der Waals surface area contributed by atoms with Crippen LogP contribution in [0.1, 0.15) is 107 Å². The van der Waals surface area contributed by atoms with Crippen LogP contribution >= 0.6 is 0 Å². The zero-order chi connectivity index (χ0) is 67.8. The third-order valence-electron chi connectivity index (χ3n) is 16.8. The third-order valence-corrected chi connectivity index (χ3v) is 20.2. The van der Waals surface area contributed by atoms with Crippen LogP contribution in [-0.4, -0.2) is 104 Å². The molecule has 0 spiro atoms. The zero-order valence-electron chi connectivity index (χ0n) is 58.0. The van der Waals surface area contributed by atoms with Crippen LogP contribution in [0.5, 0.6) is 0 Å². The fraction of sp³-hybridized carbons (Fsp3) is 0.373. The number of aromatic amines is 1. The molecule has 9 heterocycles. The Morgan fingerprint density at radius 3 is 1.27 bits per heavy atom. The Kier molecular flexibility index (Phi) is 19.5. The van der Waals surface area contributed by atoms with Gasteiger partial charge in [-0.05, 0) is 44.1 Å². The lowest BCUT2D eigenvalue weighted by Crippen LogP contribution is -2.22. The lowest BCUT2D eigenvalue weighted by Gasteiger charge is -2.16. The second kappa shape index (κ2) is 26.9. The molecule has 0 bridgehead atoms. The van der Waals surface area contributed by atoms with Crippen LogP contribution < -0.4 is 0 Å². The SMILES string of the molecule is C=Cn1cc(-c2cnc3c(n2)c(C(=O)C(C)(C)C)cn3COCC[Si](C)(C)C)c2ccccc21.CCn1cc(-c2cnc3[nH]cc(C(=O)C(C)(C)C)c3n2)c2ccccc21.CCn1cc(-c2cnc3c(n2)c(C(=O)C(C)(C)C)cn3COCC[Si](C)(C)C)c2ccccc21. The van der Waals surface area contributed by atoms with Gasteiger partial charge in [-0.3, -0.25) is 14.4 Å². The van der Waals surface area contributed by atoms with Crippen LogP contribution in [0.4, 0.5) is 0 Å². The van der Waals surface area contributed by atoms with Crippen LogP contribution in [0.2, 0.25) is 51.4 Å². The molecule has 9 aromatic heterocycles. The van der Waals surface area contributed by atoms with E-state index in [1.807, 2.05) is 131 Å². The molecular weight excluding hydrogens is 1210 g/mol. The van der Waals surface area contributed by atoms with Crippen LogP contribution in [0.15, 0.2) is 135 Å². The monoisotopic (exact) mass is 1300 g/mol. The minimum absolute atomic E-state index is 0.0401. The minimum atomic E-state index is -1.18. The molecule has 12 rings (SSSR count). The van der Waals surface area contributed by atoms with E-state index in [9.17, 15) is 14.4 Å². The molecule has 0 atom stereocenters. The van der Waals surface area contributed by atoms with Crippen LogP contribution in [0, 0.1) is 16.2 Å². The van der Waals surface area contributed by atoms with E-state index in [-0.39, 0.29) is 17.3 Å². The summed E-state index contributed by atoms with van der Waals surface area (Å²) in [6.45, 7) is 43.4. The Balaban J connectivity index is 0.000000155. The number of nitrogens with zero attached hydrogens (tertiary/aromatic N) is 11. The van der Waals surface area contributed by atoms with Gasteiger partial charge in [-0.15, -0.1) is 0 Å². The van der Waals surface area contributed by atoms with Crippen molar-refractivity contribution in [2.45, 2.75) is 154 Å². The standard InChI is InChI=1S/C27H36N4O2Si.C27H34N4O2Si.C21H22N4O/c2*1-8-30-16-20(19-11-9-10-12-23(19)30)22-15-28-26-24(29-22)21(25(32)27(2,3)4)17-31(26)18-33-13-14-34(5,6)7;1-5-25-12-15(13-8-6-7-9-17(13)25)16-11-23-20-18(24-16)14(10-22-20)19(26)21(2,3)4/h9-12,15-17H,8,13-14,18H2,1-7H3;8-12,15-17H,1,13-14,18H2,2-7H3;6-12H,5H2,1-4H3,(H,22,23). The maximum atomic E-state index is 13.3. The number of fused-ring (bicyclic) bond motifs is 6. The Bertz CT molecular complexity index is 4790. The summed E-state index contributed by atoms with van der Waals surface area (Å²) in [7, 11) is -2.35. The van der Waals surface area contributed by atoms with Gasteiger partial charge in [-0.25, -0.2) is 29.9 Å². The highest BCUT2D eigenvalue weighted by molar-refractivity contribution is 6.76. The third kappa shape index (κ3) is 14.6. The van der Waals surface area contributed by atoms with Gasteiger partial charge in [0.05, 0.1) is 57.9 Å². The van der Waals surface area contributed by atoms with Gasteiger partial charge in [0, 0.05) is 146 Å². The van der Waals surface area contributed by atoms with Crippen molar-refractivity contribution in [3.8, 4) is 33.8 Å². The summed E-state index contributed by atoms with van der Waals surface area (Å²) >= 11 is 0. The Hall–Kier alpha value is -8.76. The van der Waals surface area contributed by atoms with E-state index in [1.54, 1.807) is 24.8 Å². The van der Waals surface area contributed by atoms with Crippen molar-refractivity contribution < 1.29 is 23.9 Å². The molecule has 0 amide bonds. The zero-order valence-corrected chi connectivity index (χ0v) is 60.0. The van der Waals surface area contributed by atoms with Crippen LogP contribution in [0.25, 0.3) is 106 Å². The number of ketones is 3. The number of hydrogen-bond acceptors (Lipinski definition) is 11. The molecule has 0 fully saturated rings. The molecule has 17 nitrogen and oxygen atoms in total. The quantitative estimate of drug-likeness (QED) is 0.0461. The molecule has 0 aliphatic heterocycles. The fourth-order valence-corrected chi connectivity index (χ4v) is 12.9. The maximum Gasteiger partial charge on any atom is 0.171 e. The highest BCUT2D eigenvalue weighted by atomic mass is 28.3. The predicted octanol–water partition coefficient (Wildman–Crippen LogP) is 18.1. The van der Waals surface area contributed by atoms with Crippen LogP contribution in [-0.2, 0) is 36.0 Å². The molecular formula is C75H92N12O5Si2. The number of nitrogens with one attached hydrogen (secondary N) is 1. The molecule has 0 radical (unpaired) electrons. The maximum absolute atomic E-state index is 13.3. The number of hydrogen-bond donors (Lipinski definition) is 1. The summed E-state index contributed by atoms with van der Waals surface area (Å²) in [5, 5.41) is 3.34. The molecule has 0 aliphatic rings. The van der Waals surface area contributed by atoms with Gasteiger partial charge >= 0.3 is 0 Å². The van der Waals surface area contributed by atoms with Gasteiger partial charge in [0.15, 0.2) is 34.3 Å².